The summed E-state index contributed by atoms with van der Waals surface area (Å²) < 4.78 is 10.3. The molecule has 0 N–H and O–H groups in total. The van der Waals surface area contributed by atoms with E-state index in [1.54, 1.807) is 20.2 Å². The largest absolute Gasteiger partial charge is 0.455 e. The smallest absolute Gasteiger partial charge is 0.289 e. The van der Waals surface area contributed by atoms with Crippen molar-refractivity contribution in [3.05, 3.63) is 47.4 Å². The Labute approximate surface area is 133 Å². The van der Waals surface area contributed by atoms with Gasteiger partial charge in [0.1, 0.15) is 16.8 Å². The summed E-state index contributed by atoms with van der Waals surface area (Å²) in [6.45, 7) is 1.33. The monoisotopic (exact) mass is 314 g/mol. The Kier molecular flexibility index (Phi) is 4.12. The molecule has 120 valence electrons. The zero-order chi connectivity index (χ0) is 16.4. The highest BCUT2D eigenvalue weighted by atomic mass is 16.6. The van der Waals surface area contributed by atoms with Gasteiger partial charge < -0.3 is 9.32 Å². The zero-order valence-corrected chi connectivity index (χ0v) is 13.3. The molecule has 0 aliphatic carbocycles. The first-order valence-electron chi connectivity index (χ1n) is 7.23. The molecule has 0 aliphatic heterocycles. The van der Waals surface area contributed by atoms with Crippen molar-refractivity contribution in [1.29, 1.82) is 0 Å². The Morgan fingerprint density at radius 1 is 1.04 bits per heavy atom. The molecule has 3 aromatic rings. The molecule has 2 heterocycles. The van der Waals surface area contributed by atoms with Crippen LogP contribution in [0.2, 0.25) is 0 Å². The molecule has 0 unspecified atom stereocenters. The minimum absolute atomic E-state index is 0.136. The van der Waals surface area contributed by atoms with Gasteiger partial charge in [0, 0.05) is 20.6 Å². The number of nitrogens with zero attached hydrogens (tertiary/aromatic N) is 4. The second-order valence-electron chi connectivity index (χ2n) is 5.73. The first-order valence-corrected chi connectivity index (χ1v) is 7.23. The van der Waals surface area contributed by atoms with Crippen molar-refractivity contribution >= 4 is 16.9 Å². The van der Waals surface area contributed by atoms with Gasteiger partial charge in [-0.05, 0) is 47.2 Å². The van der Waals surface area contributed by atoms with Crippen LogP contribution in [0.3, 0.4) is 0 Å². The lowest BCUT2D eigenvalue weighted by Crippen LogP contribution is -2.21. The van der Waals surface area contributed by atoms with Crippen LogP contribution in [0, 0.1) is 0 Å². The first-order chi connectivity index (χ1) is 11.0. The SMILES string of the molecule is CN(Cc1ccc2nonc2c1)Cc1ccc(C(=O)N(C)C)o1. The molecular formula is C16H18N4O3. The van der Waals surface area contributed by atoms with Crippen molar-refractivity contribution in [2.45, 2.75) is 13.1 Å². The van der Waals surface area contributed by atoms with Crippen LogP contribution in [0.4, 0.5) is 0 Å². The number of aromatic nitrogens is 2. The summed E-state index contributed by atoms with van der Waals surface area (Å²) in [6.07, 6.45) is 0. The Bertz CT molecular complexity index is 821. The van der Waals surface area contributed by atoms with E-state index in [1.165, 1.54) is 4.90 Å². The van der Waals surface area contributed by atoms with E-state index < -0.39 is 0 Å². The number of carbonyl (C=O) groups is 1. The maximum absolute atomic E-state index is 11.8. The van der Waals surface area contributed by atoms with Gasteiger partial charge in [-0.1, -0.05) is 6.07 Å². The van der Waals surface area contributed by atoms with Crippen LogP contribution >= 0.6 is 0 Å². The fourth-order valence-electron chi connectivity index (χ4n) is 2.36. The van der Waals surface area contributed by atoms with Gasteiger partial charge in [0.15, 0.2) is 5.76 Å². The summed E-state index contributed by atoms with van der Waals surface area (Å²) >= 11 is 0. The highest BCUT2D eigenvalue weighted by molar-refractivity contribution is 5.91. The summed E-state index contributed by atoms with van der Waals surface area (Å²) in [7, 11) is 5.39. The van der Waals surface area contributed by atoms with Crippen LogP contribution in [0.25, 0.3) is 11.0 Å². The maximum atomic E-state index is 11.8. The Hall–Kier alpha value is -2.67. The van der Waals surface area contributed by atoms with Gasteiger partial charge in [0.25, 0.3) is 5.91 Å². The fourth-order valence-corrected chi connectivity index (χ4v) is 2.36. The van der Waals surface area contributed by atoms with Crippen LogP contribution in [0.15, 0.2) is 39.4 Å². The van der Waals surface area contributed by atoms with Gasteiger partial charge in [0.2, 0.25) is 0 Å². The summed E-state index contributed by atoms with van der Waals surface area (Å²) in [4.78, 5) is 15.4. The van der Waals surface area contributed by atoms with Gasteiger partial charge in [-0.15, -0.1) is 0 Å². The predicted octanol–water partition coefficient (Wildman–Crippen LogP) is 2.15. The second-order valence-corrected chi connectivity index (χ2v) is 5.73. The number of carbonyl (C=O) groups excluding carboxylic acids is 1. The van der Waals surface area contributed by atoms with Crippen molar-refractivity contribution in [1.82, 2.24) is 20.1 Å². The van der Waals surface area contributed by atoms with Gasteiger partial charge in [-0.25, -0.2) is 4.63 Å². The molecule has 0 radical (unpaired) electrons. The average Bonchev–Trinajstić information content (AvgIpc) is 3.14. The molecule has 7 nitrogen and oxygen atoms in total. The molecule has 1 aromatic carbocycles. The van der Waals surface area contributed by atoms with E-state index in [1.807, 2.05) is 31.3 Å². The molecule has 0 saturated carbocycles. The number of furan rings is 1. The molecule has 2 aromatic heterocycles. The number of hydrogen-bond donors (Lipinski definition) is 0. The van der Waals surface area contributed by atoms with Gasteiger partial charge in [-0.3, -0.25) is 9.69 Å². The Morgan fingerprint density at radius 3 is 2.61 bits per heavy atom. The molecule has 0 fully saturated rings. The lowest BCUT2D eigenvalue weighted by molar-refractivity contribution is 0.0793. The zero-order valence-electron chi connectivity index (χ0n) is 13.3. The quantitative estimate of drug-likeness (QED) is 0.718. The summed E-state index contributed by atoms with van der Waals surface area (Å²) in [6, 6.07) is 9.37. The number of hydrogen-bond acceptors (Lipinski definition) is 6. The van der Waals surface area contributed by atoms with Crippen molar-refractivity contribution in [2.75, 3.05) is 21.1 Å². The number of amides is 1. The third-order valence-electron chi connectivity index (χ3n) is 3.48. The minimum Gasteiger partial charge on any atom is -0.455 e. The van der Waals surface area contributed by atoms with Crippen molar-refractivity contribution < 1.29 is 13.8 Å². The minimum atomic E-state index is -0.136. The lowest BCUT2D eigenvalue weighted by atomic mass is 10.2. The van der Waals surface area contributed by atoms with E-state index in [2.05, 4.69) is 15.2 Å². The molecule has 1 amide bonds. The first kappa shape index (κ1) is 15.2. The van der Waals surface area contributed by atoms with Gasteiger partial charge in [-0.2, -0.15) is 0 Å². The van der Waals surface area contributed by atoms with Crippen LogP contribution in [-0.2, 0) is 13.1 Å². The molecule has 0 saturated heterocycles. The van der Waals surface area contributed by atoms with E-state index >= 15 is 0 Å². The Morgan fingerprint density at radius 2 is 1.83 bits per heavy atom. The standard InChI is InChI=1S/C16H18N4O3/c1-19(2)16(21)15-7-5-12(22-15)10-20(3)9-11-4-6-13-14(8-11)18-23-17-13/h4-8H,9-10H2,1-3H3. The molecule has 3 rings (SSSR count). The summed E-state index contributed by atoms with van der Waals surface area (Å²) in [5.41, 5.74) is 2.59. The lowest BCUT2D eigenvalue weighted by Gasteiger charge is -2.15. The van der Waals surface area contributed by atoms with E-state index in [0.717, 1.165) is 28.9 Å². The Balaban J connectivity index is 1.64. The van der Waals surface area contributed by atoms with Gasteiger partial charge >= 0.3 is 0 Å². The normalized spacial score (nSPS) is 11.3. The van der Waals surface area contributed by atoms with E-state index in [0.29, 0.717) is 12.3 Å². The van der Waals surface area contributed by atoms with Crippen molar-refractivity contribution in [3.63, 3.8) is 0 Å². The molecule has 0 bridgehead atoms. The van der Waals surface area contributed by atoms with Crippen LogP contribution in [-0.4, -0.2) is 47.2 Å². The fraction of sp³-hybridized carbons (Fsp3) is 0.312. The highest BCUT2D eigenvalue weighted by Gasteiger charge is 2.14. The third kappa shape index (κ3) is 3.40. The van der Waals surface area contributed by atoms with Crippen LogP contribution in [0.5, 0.6) is 0 Å². The molecule has 0 spiro atoms. The molecular weight excluding hydrogens is 296 g/mol. The van der Waals surface area contributed by atoms with E-state index in [9.17, 15) is 4.79 Å². The highest BCUT2D eigenvalue weighted by Crippen LogP contribution is 2.15. The molecule has 0 atom stereocenters. The van der Waals surface area contributed by atoms with Crippen molar-refractivity contribution in [2.24, 2.45) is 0 Å². The van der Waals surface area contributed by atoms with Crippen LogP contribution < -0.4 is 0 Å². The number of rotatable bonds is 5. The predicted molar refractivity (Wildman–Crippen MR) is 83.7 cm³/mol. The number of fused-ring (bicyclic) bond motifs is 1. The van der Waals surface area contributed by atoms with Crippen molar-refractivity contribution in [3.8, 4) is 0 Å². The third-order valence-corrected chi connectivity index (χ3v) is 3.48. The second kappa shape index (κ2) is 6.21. The summed E-state index contributed by atoms with van der Waals surface area (Å²) in [5.74, 6) is 0.971. The average molecular weight is 314 g/mol. The van der Waals surface area contributed by atoms with E-state index in [4.69, 9.17) is 9.05 Å². The van der Waals surface area contributed by atoms with Gasteiger partial charge in [0.05, 0.1) is 6.54 Å². The topological polar surface area (TPSA) is 75.6 Å². The molecule has 0 aliphatic rings. The summed E-state index contributed by atoms with van der Waals surface area (Å²) in [5, 5.41) is 7.63. The maximum Gasteiger partial charge on any atom is 0.289 e. The van der Waals surface area contributed by atoms with Crippen LogP contribution in [0.1, 0.15) is 21.9 Å². The molecule has 7 heteroatoms. The van der Waals surface area contributed by atoms with E-state index in [-0.39, 0.29) is 5.91 Å². The number of benzene rings is 1. The molecule has 23 heavy (non-hydrogen) atoms.